The average molecular weight is 356 g/mol. The van der Waals surface area contributed by atoms with Crippen molar-refractivity contribution in [2.24, 2.45) is 0 Å². The van der Waals surface area contributed by atoms with Gasteiger partial charge < -0.3 is 9.59 Å². The Morgan fingerprint density at radius 3 is 2.46 bits per heavy atom. The van der Waals surface area contributed by atoms with Gasteiger partial charge in [0.1, 0.15) is 19.1 Å². The third-order valence-electron chi connectivity index (χ3n) is 4.96. The summed E-state index contributed by atoms with van der Waals surface area (Å²) < 4.78 is 38.9. The van der Waals surface area contributed by atoms with Crippen molar-refractivity contribution in [3.05, 3.63) is 57.8 Å². The normalized spacial score (nSPS) is 24.4. The molecule has 0 spiro atoms. The third kappa shape index (κ3) is 3.66. The van der Waals surface area contributed by atoms with Crippen LogP contribution in [0.1, 0.15) is 28.8 Å². The molecule has 0 saturated carbocycles. The topological polar surface area (TPSA) is 20.2 Å². The van der Waals surface area contributed by atoms with Crippen LogP contribution in [0.15, 0.2) is 41.8 Å². The standard InChI is InChI=1S/C18H21F3NOS/c19-18(20,21)15-7-5-14(6-8-15)11-22(9-1-3-16(22)13-23)12-17-4-2-10-24-17/h2,4-8,10,16,23H,1,3,9,11-13H2/q+1/t16-,22?/m0/s1. The van der Waals surface area contributed by atoms with Crippen LogP contribution in [0.2, 0.25) is 0 Å². The molecule has 0 amide bonds. The van der Waals surface area contributed by atoms with E-state index in [1.165, 1.54) is 4.88 Å². The summed E-state index contributed by atoms with van der Waals surface area (Å²) in [4.78, 5) is 1.25. The van der Waals surface area contributed by atoms with Gasteiger partial charge in [-0.15, -0.1) is 11.3 Å². The van der Waals surface area contributed by atoms with Crippen molar-refractivity contribution in [1.82, 2.24) is 0 Å². The van der Waals surface area contributed by atoms with Crippen LogP contribution in [0, 0.1) is 0 Å². The molecular formula is C18H21F3NOS+. The second-order valence-corrected chi connectivity index (χ2v) is 7.54. The molecule has 1 N–H and O–H groups in total. The Labute approximate surface area is 143 Å². The van der Waals surface area contributed by atoms with E-state index in [-0.39, 0.29) is 12.6 Å². The van der Waals surface area contributed by atoms with Gasteiger partial charge in [0.2, 0.25) is 0 Å². The zero-order valence-electron chi connectivity index (χ0n) is 13.3. The molecular weight excluding hydrogens is 335 g/mol. The minimum Gasteiger partial charge on any atom is -0.390 e. The quantitative estimate of drug-likeness (QED) is 0.786. The van der Waals surface area contributed by atoms with Crippen molar-refractivity contribution < 1.29 is 22.8 Å². The summed E-state index contributed by atoms with van der Waals surface area (Å²) in [7, 11) is 0. The summed E-state index contributed by atoms with van der Waals surface area (Å²) in [6, 6.07) is 9.70. The van der Waals surface area contributed by atoms with E-state index in [0.29, 0.717) is 6.54 Å². The molecule has 1 aliphatic heterocycles. The molecule has 2 aromatic rings. The summed E-state index contributed by atoms with van der Waals surface area (Å²) in [5.74, 6) is 0. The number of aliphatic hydroxyl groups excluding tert-OH is 1. The van der Waals surface area contributed by atoms with Crippen molar-refractivity contribution >= 4 is 11.3 Å². The van der Waals surface area contributed by atoms with E-state index >= 15 is 0 Å². The molecule has 2 nitrogen and oxygen atoms in total. The van der Waals surface area contributed by atoms with Crippen molar-refractivity contribution in [1.29, 1.82) is 0 Å². The molecule has 1 fully saturated rings. The van der Waals surface area contributed by atoms with Crippen molar-refractivity contribution in [2.75, 3.05) is 13.2 Å². The number of halogens is 3. The number of quaternary nitrogens is 1. The van der Waals surface area contributed by atoms with Crippen LogP contribution in [0.3, 0.4) is 0 Å². The van der Waals surface area contributed by atoms with Gasteiger partial charge in [-0.3, -0.25) is 0 Å². The maximum Gasteiger partial charge on any atom is 0.416 e. The van der Waals surface area contributed by atoms with E-state index in [2.05, 4.69) is 6.07 Å². The first-order chi connectivity index (χ1) is 11.4. The Kier molecular flexibility index (Phi) is 4.99. The van der Waals surface area contributed by atoms with Crippen molar-refractivity contribution in [2.45, 2.75) is 38.1 Å². The molecule has 2 atom stereocenters. The van der Waals surface area contributed by atoms with Gasteiger partial charge >= 0.3 is 6.18 Å². The van der Waals surface area contributed by atoms with E-state index in [0.717, 1.165) is 48.1 Å². The molecule has 24 heavy (non-hydrogen) atoms. The van der Waals surface area contributed by atoms with Crippen LogP contribution in [0.25, 0.3) is 0 Å². The zero-order valence-corrected chi connectivity index (χ0v) is 14.1. The number of alkyl halides is 3. The highest BCUT2D eigenvalue weighted by Crippen LogP contribution is 2.34. The first-order valence-corrected chi connectivity index (χ1v) is 8.96. The number of likely N-dealkylation sites (tertiary alicyclic amines) is 1. The number of rotatable bonds is 5. The Bertz CT molecular complexity index is 654. The lowest BCUT2D eigenvalue weighted by atomic mass is 10.1. The highest BCUT2D eigenvalue weighted by atomic mass is 32.1. The molecule has 1 aromatic carbocycles. The number of hydrogen-bond donors (Lipinski definition) is 1. The number of benzene rings is 1. The van der Waals surface area contributed by atoms with Gasteiger partial charge in [0.05, 0.1) is 23.6 Å². The highest BCUT2D eigenvalue weighted by molar-refractivity contribution is 7.09. The van der Waals surface area contributed by atoms with E-state index in [4.69, 9.17) is 0 Å². The smallest absolute Gasteiger partial charge is 0.390 e. The predicted molar refractivity (Wildman–Crippen MR) is 88.4 cm³/mol. The fraction of sp³-hybridized carbons (Fsp3) is 0.444. The van der Waals surface area contributed by atoms with Crippen LogP contribution < -0.4 is 0 Å². The maximum absolute atomic E-state index is 12.7. The largest absolute Gasteiger partial charge is 0.416 e. The molecule has 1 unspecified atom stereocenters. The van der Waals surface area contributed by atoms with E-state index < -0.39 is 11.7 Å². The van der Waals surface area contributed by atoms with Crippen LogP contribution in [-0.2, 0) is 19.3 Å². The first kappa shape index (κ1) is 17.5. The summed E-state index contributed by atoms with van der Waals surface area (Å²) in [6.07, 6.45) is -2.30. The lowest BCUT2D eigenvalue weighted by Crippen LogP contribution is -2.51. The van der Waals surface area contributed by atoms with Gasteiger partial charge in [-0.25, -0.2) is 0 Å². The van der Waals surface area contributed by atoms with E-state index in [1.54, 1.807) is 23.5 Å². The van der Waals surface area contributed by atoms with Crippen LogP contribution in [-0.4, -0.2) is 28.8 Å². The number of hydrogen-bond acceptors (Lipinski definition) is 2. The van der Waals surface area contributed by atoms with Gasteiger partial charge in [-0.05, 0) is 23.6 Å². The second-order valence-electron chi connectivity index (χ2n) is 6.51. The maximum atomic E-state index is 12.7. The number of thiophene rings is 1. The summed E-state index contributed by atoms with van der Waals surface area (Å²) in [5, 5.41) is 11.8. The summed E-state index contributed by atoms with van der Waals surface area (Å²) in [5.41, 5.74) is 0.274. The van der Waals surface area contributed by atoms with Gasteiger partial charge in [0.15, 0.2) is 0 Å². The van der Waals surface area contributed by atoms with Gasteiger partial charge in [0.25, 0.3) is 0 Å². The average Bonchev–Trinajstić information content (AvgIpc) is 3.17. The zero-order chi connectivity index (χ0) is 17.2. The van der Waals surface area contributed by atoms with Gasteiger partial charge in [-0.1, -0.05) is 18.2 Å². The molecule has 0 radical (unpaired) electrons. The first-order valence-electron chi connectivity index (χ1n) is 8.08. The second kappa shape index (κ2) is 6.86. The molecule has 1 aromatic heterocycles. The van der Waals surface area contributed by atoms with E-state index in [9.17, 15) is 18.3 Å². The Balaban J connectivity index is 1.84. The SMILES string of the molecule is OC[C@@H]1CCC[N+]1(Cc1ccc(C(F)(F)F)cc1)Cc1cccs1. The van der Waals surface area contributed by atoms with Crippen molar-refractivity contribution in [3.63, 3.8) is 0 Å². The lowest BCUT2D eigenvalue weighted by Gasteiger charge is -2.39. The Morgan fingerprint density at radius 1 is 1.12 bits per heavy atom. The minimum atomic E-state index is -4.30. The number of nitrogens with zero attached hydrogens (tertiary/aromatic N) is 1. The number of aliphatic hydroxyl groups is 1. The fourth-order valence-corrected chi connectivity index (χ4v) is 4.53. The lowest BCUT2D eigenvalue weighted by molar-refractivity contribution is -0.964. The van der Waals surface area contributed by atoms with Crippen LogP contribution in [0.4, 0.5) is 13.2 Å². The van der Waals surface area contributed by atoms with Crippen molar-refractivity contribution in [3.8, 4) is 0 Å². The molecule has 0 aliphatic carbocycles. The molecule has 1 saturated heterocycles. The van der Waals surface area contributed by atoms with E-state index in [1.807, 2.05) is 11.4 Å². The third-order valence-corrected chi connectivity index (χ3v) is 5.82. The Morgan fingerprint density at radius 2 is 1.88 bits per heavy atom. The monoisotopic (exact) mass is 356 g/mol. The molecule has 6 heteroatoms. The molecule has 3 rings (SSSR count). The Hall–Kier alpha value is -1.37. The summed E-state index contributed by atoms with van der Waals surface area (Å²) in [6.45, 7) is 2.54. The highest BCUT2D eigenvalue weighted by Gasteiger charge is 2.41. The van der Waals surface area contributed by atoms with Gasteiger partial charge in [0, 0.05) is 18.4 Å². The van der Waals surface area contributed by atoms with Crippen LogP contribution >= 0.6 is 11.3 Å². The fourth-order valence-electron chi connectivity index (χ4n) is 3.71. The predicted octanol–water partition coefficient (Wildman–Crippen LogP) is 4.44. The molecule has 130 valence electrons. The molecule has 2 heterocycles. The molecule has 1 aliphatic rings. The minimum absolute atomic E-state index is 0.117. The van der Waals surface area contributed by atoms with Gasteiger partial charge in [-0.2, -0.15) is 13.2 Å². The van der Waals surface area contributed by atoms with Crippen LogP contribution in [0.5, 0.6) is 0 Å². The molecule has 0 bridgehead atoms. The summed E-state index contributed by atoms with van der Waals surface area (Å²) >= 11 is 1.69.